The molecule has 0 aliphatic carbocycles. The van der Waals surface area contributed by atoms with E-state index in [1.54, 1.807) is 0 Å². The summed E-state index contributed by atoms with van der Waals surface area (Å²) in [6.07, 6.45) is -0.274. The number of nitrogens with one attached hydrogen (secondary N) is 1. The molecule has 0 bridgehead atoms. The quantitative estimate of drug-likeness (QED) is 0.344. The van der Waals surface area contributed by atoms with Gasteiger partial charge in [0.25, 0.3) is 3.91 Å². The Labute approximate surface area is 82.2 Å². The summed E-state index contributed by atoms with van der Waals surface area (Å²) in [7, 11) is 0. The predicted molar refractivity (Wildman–Crippen MR) is 49.3 cm³/mol. The third-order valence-electron chi connectivity index (χ3n) is 1.04. The molecule has 0 heterocycles. The average molecular weight is 285 g/mol. The third-order valence-corrected chi connectivity index (χ3v) is 1.35. The topological polar surface area (TPSA) is 115 Å². The molecule has 0 spiro atoms. The Morgan fingerprint density at radius 3 is 2.08 bits per heavy atom. The van der Waals surface area contributed by atoms with E-state index >= 15 is 0 Å². The van der Waals surface area contributed by atoms with Gasteiger partial charge >= 0.3 is 0 Å². The van der Waals surface area contributed by atoms with Crippen molar-refractivity contribution in [3.05, 3.63) is 0 Å². The van der Waals surface area contributed by atoms with Gasteiger partial charge in [0.05, 0.1) is 6.42 Å². The van der Waals surface area contributed by atoms with Crippen molar-refractivity contribution in [1.29, 1.82) is 0 Å². The molecule has 12 heavy (non-hydrogen) atoms. The molecule has 68 valence electrons. The predicted octanol–water partition coefficient (Wildman–Crippen LogP) is -1.14. The van der Waals surface area contributed by atoms with E-state index in [-0.39, 0.29) is 6.42 Å². The van der Waals surface area contributed by atoms with Crippen molar-refractivity contribution < 1.29 is 14.4 Å². The fraction of sp³-hybridized carbons (Fsp3) is 0.400. The molecule has 3 amide bonds. The molecule has 6 nitrogen and oxygen atoms in total. The Morgan fingerprint density at radius 2 is 1.83 bits per heavy atom. The summed E-state index contributed by atoms with van der Waals surface area (Å²) in [6.45, 7) is 0. The zero-order chi connectivity index (χ0) is 9.72. The molecule has 0 aromatic carbocycles. The summed E-state index contributed by atoms with van der Waals surface area (Å²) in [4.78, 5) is 31.4. The lowest BCUT2D eigenvalue weighted by molar-refractivity contribution is -0.124. The van der Waals surface area contributed by atoms with E-state index < -0.39 is 21.8 Å². The van der Waals surface area contributed by atoms with Crippen molar-refractivity contribution in [3.63, 3.8) is 0 Å². The zero-order valence-corrected chi connectivity index (χ0v) is 8.20. The highest BCUT2D eigenvalue weighted by molar-refractivity contribution is 14.1. The van der Waals surface area contributed by atoms with Gasteiger partial charge in [-0.15, -0.1) is 0 Å². The van der Waals surface area contributed by atoms with Gasteiger partial charge in [-0.05, 0) is 0 Å². The van der Waals surface area contributed by atoms with Crippen molar-refractivity contribution in [3.8, 4) is 0 Å². The minimum Gasteiger partial charge on any atom is -0.370 e. The monoisotopic (exact) mass is 285 g/mol. The van der Waals surface area contributed by atoms with Crippen LogP contribution in [0.25, 0.3) is 0 Å². The van der Waals surface area contributed by atoms with Crippen LogP contribution in [0, 0.1) is 0 Å². The Hall–Kier alpha value is -0.860. The van der Waals surface area contributed by atoms with Crippen molar-refractivity contribution >= 4 is 38.3 Å². The van der Waals surface area contributed by atoms with Gasteiger partial charge in [0.2, 0.25) is 11.8 Å². The summed E-state index contributed by atoms with van der Waals surface area (Å²) < 4.78 is -0.461. The first kappa shape index (κ1) is 11.1. The number of nitrogens with two attached hydrogens (primary N) is 2. The summed E-state index contributed by atoms with van der Waals surface area (Å²) in [5.41, 5.74) is 9.67. The average Bonchev–Trinajstić information content (AvgIpc) is 1.83. The number of carbonyl (C=O) groups excluding carboxylic acids is 3. The van der Waals surface area contributed by atoms with Crippen LogP contribution in [0.3, 0.4) is 0 Å². The lowest BCUT2D eigenvalue weighted by Gasteiger charge is -2.10. The van der Waals surface area contributed by atoms with E-state index in [0.29, 0.717) is 0 Å². The van der Waals surface area contributed by atoms with E-state index in [2.05, 4.69) is 5.32 Å². The Morgan fingerprint density at radius 1 is 1.33 bits per heavy atom. The summed E-state index contributed by atoms with van der Waals surface area (Å²) in [5.74, 6) is -1.47. The molecular weight excluding hydrogens is 277 g/mol. The molecule has 0 aromatic heterocycles. The molecule has 0 unspecified atom stereocenters. The van der Waals surface area contributed by atoms with Gasteiger partial charge in [0.15, 0.2) is 0 Å². The van der Waals surface area contributed by atoms with E-state index in [4.69, 9.17) is 11.5 Å². The van der Waals surface area contributed by atoms with Crippen LogP contribution >= 0.6 is 22.6 Å². The van der Waals surface area contributed by atoms with Crippen LogP contribution in [-0.2, 0) is 9.59 Å². The molecule has 0 saturated heterocycles. The largest absolute Gasteiger partial charge is 0.370 e. The van der Waals surface area contributed by atoms with Gasteiger partial charge in [-0.1, -0.05) is 0 Å². The SMILES string of the molecule is NC(=O)C[C@H](NC(=O)I)C(N)=O. The van der Waals surface area contributed by atoms with Crippen LogP contribution in [0.15, 0.2) is 0 Å². The molecule has 0 radical (unpaired) electrons. The van der Waals surface area contributed by atoms with Crippen molar-refractivity contribution in [2.24, 2.45) is 11.5 Å². The minimum absolute atomic E-state index is 0.274. The first-order valence-electron chi connectivity index (χ1n) is 2.97. The first-order valence-corrected chi connectivity index (χ1v) is 4.05. The van der Waals surface area contributed by atoms with Crippen molar-refractivity contribution in [1.82, 2.24) is 5.32 Å². The molecule has 1 atom stereocenters. The summed E-state index contributed by atoms with van der Waals surface area (Å²) in [6, 6.07) is -1.01. The highest BCUT2D eigenvalue weighted by Crippen LogP contribution is 1.93. The van der Waals surface area contributed by atoms with Gasteiger partial charge in [-0.25, -0.2) is 0 Å². The van der Waals surface area contributed by atoms with E-state index in [9.17, 15) is 14.4 Å². The maximum absolute atomic E-state index is 10.6. The smallest absolute Gasteiger partial charge is 0.281 e. The highest BCUT2D eigenvalue weighted by Gasteiger charge is 2.18. The maximum Gasteiger partial charge on any atom is 0.281 e. The Balaban J connectivity index is 4.14. The fourth-order valence-electron chi connectivity index (χ4n) is 0.561. The highest BCUT2D eigenvalue weighted by atomic mass is 127. The molecule has 0 rings (SSSR count). The molecular formula is C5H8IN3O3. The van der Waals surface area contributed by atoms with Gasteiger partial charge < -0.3 is 16.8 Å². The number of amides is 3. The van der Waals surface area contributed by atoms with Crippen LogP contribution < -0.4 is 16.8 Å². The second-order valence-corrected chi connectivity index (χ2v) is 3.02. The molecule has 0 aliphatic rings. The zero-order valence-electron chi connectivity index (χ0n) is 6.04. The van der Waals surface area contributed by atoms with Crippen LogP contribution in [0.2, 0.25) is 0 Å². The summed E-state index contributed by atoms with van der Waals surface area (Å²) in [5, 5.41) is 2.18. The number of primary amides is 2. The van der Waals surface area contributed by atoms with E-state index in [0.717, 1.165) is 0 Å². The lowest BCUT2D eigenvalue weighted by Crippen LogP contribution is -2.44. The number of hydrogen-bond donors (Lipinski definition) is 3. The Bertz CT molecular complexity index is 202. The Kier molecular flexibility index (Phi) is 4.55. The minimum atomic E-state index is -1.01. The van der Waals surface area contributed by atoms with Crippen LogP contribution in [0.5, 0.6) is 0 Å². The molecule has 0 saturated carbocycles. The van der Waals surface area contributed by atoms with Crippen molar-refractivity contribution in [2.75, 3.05) is 0 Å². The molecule has 5 N–H and O–H groups in total. The molecule has 0 aliphatic heterocycles. The lowest BCUT2D eigenvalue weighted by atomic mass is 10.2. The van der Waals surface area contributed by atoms with Gasteiger partial charge in [0, 0.05) is 22.6 Å². The normalized spacial score (nSPS) is 11.8. The van der Waals surface area contributed by atoms with Gasteiger partial charge in [-0.3, -0.25) is 14.4 Å². The number of carbonyl (C=O) groups is 3. The van der Waals surface area contributed by atoms with Gasteiger partial charge in [-0.2, -0.15) is 0 Å². The number of halogens is 1. The molecule has 7 heteroatoms. The van der Waals surface area contributed by atoms with Crippen LogP contribution in [0.4, 0.5) is 4.79 Å². The maximum atomic E-state index is 10.6. The van der Waals surface area contributed by atoms with Crippen LogP contribution in [0.1, 0.15) is 6.42 Å². The van der Waals surface area contributed by atoms with E-state index in [1.165, 1.54) is 22.6 Å². The molecule has 0 aromatic rings. The fourth-order valence-corrected chi connectivity index (χ4v) is 0.937. The first-order chi connectivity index (χ1) is 5.43. The second kappa shape index (κ2) is 4.91. The number of rotatable bonds is 4. The summed E-state index contributed by atoms with van der Waals surface area (Å²) >= 11 is 1.43. The van der Waals surface area contributed by atoms with Crippen LogP contribution in [-0.4, -0.2) is 21.8 Å². The number of hydrogen-bond acceptors (Lipinski definition) is 3. The standard InChI is InChI=1S/C5H8IN3O3/c6-5(12)9-2(4(8)11)1-3(7)10/h2H,1H2,(H2,7,10)(H2,8,11)(H,9,12)/t2-/m0/s1. The third kappa shape index (κ3) is 4.88. The molecule has 0 fully saturated rings. The van der Waals surface area contributed by atoms with Crippen molar-refractivity contribution in [2.45, 2.75) is 12.5 Å². The van der Waals surface area contributed by atoms with Gasteiger partial charge in [0.1, 0.15) is 6.04 Å². The van der Waals surface area contributed by atoms with E-state index in [1.807, 2.05) is 0 Å². The second-order valence-electron chi connectivity index (χ2n) is 2.04.